The number of nitrogens with one attached hydrogen (secondary N) is 1. The van der Waals surface area contributed by atoms with Crippen LogP contribution in [0.5, 0.6) is 11.5 Å². The first-order valence-corrected chi connectivity index (χ1v) is 11.0. The summed E-state index contributed by atoms with van der Waals surface area (Å²) in [6.07, 6.45) is 4.77. The summed E-state index contributed by atoms with van der Waals surface area (Å²) in [4.78, 5) is 26.6. The Balaban J connectivity index is 1.39. The van der Waals surface area contributed by atoms with Crippen molar-refractivity contribution in [3.8, 4) is 23.3 Å². The van der Waals surface area contributed by atoms with Crippen LogP contribution in [0.4, 0.5) is 17.2 Å². The van der Waals surface area contributed by atoms with Crippen molar-refractivity contribution in [2.75, 3.05) is 23.9 Å². The van der Waals surface area contributed by atoms with Gasteiger partial charge in [0.05, 0.1) is 5.52 Å². The zero-order chi connectivity index (χ0) is 25.1. The summed E-state index contributed by atoms with van der Waals surface area (Å²) in [6, 6.07) is 14.8. The van der Waals surface area contributed by atoms with Gasteiger partial charge in [0, 0.05) is 36.1 Å². The summed E-state index contributed by atoms with van der Waals surface area (Å²) >= 11 is 0. The quantitative estimate of drug-likeness (QED) is 0.368. The third kappa shape index (κ3) is 4.64. The molecule has 2 aromatic carbocycles. The largest absolute Gasteiger partial charge is 0.457 e. The number of aromatic nitrogens is 5. The van der Waals surface area contributed by atoms with Gasteiger partial charge in [-0.3, -0.25) is 4.79 Å². The number of aryl methyl sites for hydroxylation is 1. The molecule has 2 N–H and O–H groups in total. The van der Waals surface area contributed by atoms with Crippen molar-refractivity contribution < 1.29 is 14.6 Å². The van der Waals surface area contributed by atoms with E-state index in [1.807, 2.05) is 49.4 Å². The van der Waals surface area contributed by atoms with Gasteiger partial charge in [0.25, 0.3) is 0 Å². The average Bonchev–Trinajstić information content (AvgIpc) is 3.36. The Morgan fingerprint density at radius 1 is 1.11 bits per heavy atom. The number of nitrogens with zero attached hydrogens (tertiary/aromatic N) is 6. The van der Waals surface area contributed by atoms with Gasteiger partial charge in [0.15, 0.2) is 5.65 Å². The number of hydrogen-bond acceptors (Lipinski definition) is 8. The Kier molecular flexibility index (Phi) is 6.13. The average molecular weight is 480 g/mol. The third-order valence-corrected chi connectivity index (χ3v) is 5.50. The van der Waals surface area contributed by atoms with Crippen molar-refractivity contribution in [1.82, 2.24) is 24.6 Å². The molecule has 3 heterocycles. The van der Waals surface area contributed by atoms with Crippen LogP contribution in [0.15, 0.2) is 67.4 Å². The molecule has 0 unspecified atom stereocenters. The number of amides is 1. The molecule has 0 aliphatic carbocycles. The lowest BCUT2D eigenvalue weighted by atomic mass is 10.1. The van der Waals surface area contributed by atoms with Crippen LogP contribution in [0.2, 0.25) is 0 Å². The molecular formula is C26H21N7O3. The summed E-state index contributed by atoms with van der Waals surface area (Å²) in [5.41, 5.74) is 3.79. The molecule has 0 aliphatic rings. The molecule has 0 saturated heterocycles. The number of carbonyl (C=O) groups excluding carboxylic acids is 1. The lowest BCUT2D eigenvalue weighted by Gasteiger charge is -2.16. The highest BCUT2D eigenvalue weighted by atomic mass is 16.5. The molecular weight excluding hydrogens is 458 g/mol. The lowest BCUT2D eigenvalue weighted by Crippen LogP contribution is -2.24. The number of ether oxygens (including phenoxy) is 1. The number of carbonyl (C=O) groups is 1. The number of benzene rings is 2. The molecule has 0 fully saturated rings. The number of hydrogen-bond donors (Lipinski definition) is 2. The molecule has 0 saturated carbocycles. The van der Waals surface area contributed by atoms with E-state index in [0.29, 0.717) is 28.7 Å². The van der Waals surface area contributed by atoms with Crippen LogP contribution in [-0.4, -0.2) is 49.2 Å². The molecule has 178 valence electrons. The molecule has 36 heavy (non-hydrogen) atoms. The van der Waals surface area contributed by atoms with Crippen LogP contribution in [-0.2, 0) is 4.79 Å². The van der Waals surface area contributed by atoms with E-state index >= 15 is 0 Å². The Bertz CT molecular complexity index is 1650. The van der Waals surface area contributed by atoms with Gasteiger partial charge in [-0.1, -0.05) is 5.92 Å². The van der Waals surface area contributed by atoms with Crippen LogP contribution in [0.1, 0.15) is 5.56 Å². The van der Waals surface area contributed by atoms with E-state index in [0.717, 1.165) is 22.2 Å². The van der Waals surface area contributed by atoms with Gasteiger partial charge in [-0.05, 0) is 60.9 Å². The minimum Gasteiger partial charge on any atom is -0.457 e. The fourth-order valence-corrected chi connectivity index (χ4v) is 3.63. The van der Waals surface area contributed by atoms with Crippen LogP contribution >= 0.6 is 0 Å². The number of rotatable bonds is 5. The SMILES string of the molecule is Cc1cc(Nc2ncnc3ccc(N(C)C(=O)C#CCO)cc23)ccc1Oc1ccn2ncnc2c1. The number of anilines is 3. The highest BCUT2D eigenvalue weighted by Crippen LogP contribution is 2.31. The van der Waals surface area contributed by atoms with Gasteiger partial charge in [0.2, 0.25) is 0 Å². The molecule has 5 rings (SSSR count). The first-order valence-electron chi connectivity index (χ1n) is 11.0. The van der Waals surface area contributed by atoms with Crippen LogP contribution in [0.3, 0.4) is 0 Å². The zero-order valence-electron chi connectivity index (χ0n) is 19.5. The molecule has 0 bridgehead atoms. The third-order valence-electron chi connectivity index (χ3n) is 5.50. The van der Waals surface area contributed by atoms with Crippen molar-refractivity contribution in [2.45, 2.75) is 6.92 Å². The minimum absolute atomic E-state index is 0.375. The van der Waals surface area contributed by atoms with E-state index in [1.54, 1.807) is 23.8 Å². The van der Waals surface area contributed by atoms with Crippen LogP contribution in [0, 0.1) is 18.8 Å². The second kappa shape index (κ2) is 9.69. The normalized spacial score (nSPS) is 10.6. The molecule has 0 aliphatic heterocycles. The summed E-state index contributed by atoms with van der Waals surface area (Å²) in [7, 11) is 1.62. The fourth-order valence-electron chi connectivity index (χ4n) is 3.63. The van der Waals surface area contributed by atoms with E-state index in [4.69, 9.17) is 9.84 Å². The van der Waals surface area contributed by atoms with E-state index in [9.17, 15) is 4.79 Å². The maximum absolute atomic E-state index is 12.2. The van der Waals surface area contributed by atoms with E-state index < -0.39 is 5.91 Å². The Morgan fingerprint density at radius 2 is 2.00 bits per heavy atom. The highest BCUT2D eigenvalue weighted by Gasteiger charge is 2.12. The summed E-state index contributed by atoms with van der Waals surface area (Å²) in [6.45, 7) is 1.58. The van der Waals surface area contributed by atoms with Gasteiger partial charge >= 0.3 is 5.91 Å². The molecule has 1 amide bonds. The molecule has 10 nitrogen and oxygen atoms in total. The zero-order valence-corrected chi connectivity index (χ0v) is 19.5. The number of pyridine rings is 1. The Hall–Kier alpha value is -5.01. The minimum atomic E-state index is -0.427. The molecule has 0 spiro atoms. The molecule has 10 heteroatoms. The second-order valence-electron chi connectivity index (χ2n) is 7.88. The van der Waals surface area contributed by atoms with Crippen molar-refractivity contribution in [1.29, 1.82) is 0 Å². The summed E-state index contributed by atoms with van der Waals surface area (Å²) in [5, 5.41) is 17.0. The molecule has 3 aromatic heterocycles. The highest BCUT2D eigenvalue weighted by molar-refractivity contribution is 6.06. The maximum atomic E-state index is 12.2. The van der Waals surface area contributed by atoms with Crippen LogP contribution in [0.25, 0.3) is 16.6 Å². The smallest absolute Gasteiger partial charge is 0.302 e. The topological polar surface area (TPSA) is 118 Å². The molecule has 0 atom stereocenters. The molecule has 5 aromatic rings. The van der Waals surface area contributed by atoms with E-state index in [-0.39, 0.29) is 6.61 Å². The number of fused-ring (bicyclic) bond motifs is 2. The van der Waals surface area contributed by atoms with Gasteiger partial charge in [0.1, 0.15) is 36.6 Å². The van der Waals surface area contributed by atoms with Gasteiger partial charge in [-0.2, -0.15) is 5.10 Å². The summed E-state index contributed by atoms with van der Waals surface area (Å²) in [5.74, 6) is 6.30. The Labute approximate surface area is 206 Å². The van der Waals surface area contributed by atoms with Gasteiger partial charge in [-0.25, -0.2) is 19.5 Å². The van der Waals surface area contributed by atoms with Crippen molar-refractivity contribution in [3.63, 3.8) is 0 Å². The number of aliphatic hydroxyl groups is 1. The van der Waals surface area contributed by atoms with Crippen LogP contribution < -0.4 is 15.0 Å². The Morgan fingerprint density at radius 3 is 2.83 bits per heavy atom. The van der Waals surface area contributed by atoms with E-state index in [2.05, 4.69) is 37.2 Å². The van der Waals surface area contributed by atoms with Crippen molar-refractivity contribution in [2.24, 2.45) is 0 Å². The van der Waals surface area contributed by atoms with Crippen molar-refractivity contribution in [3.05, 3.63) is 72.9 Å². The second-order valence-corrected chi connectivity index (χ2v) is 7.88. The first-order chi connectivity index (χ1) is 17.5. The van der Waals surface area contributed by atoms with E-state index in [1.165, 1.54) is 17.6 Å². The lowest BCUT2D eigenvalue weighted by molar-refractivity contribution is -0.113. The van der Waals surface area contributed by atoms with Gasteiger partial charge < -0.3 is 20.1 Å². The fraction of sp³-hybridized carbons (Fsp3) is 0.115. The number of aliphatic hydroxyl groups excluding tert-OH is 1. The molecule has 0 radical (unpaired) electrons. The first kappa shape index (κ1) is 22.8. The van der Waals surface area contributed by atoms with Gasteiger partial charge in [-0.15, -0.1) is 0 Å². The predicted octanol–water partition coefficient (Wildman–Crippen LogP) is 3.48. The standard InChI is InChI=1S/C26H21N7O3/c1-17-12-18(5-8-23(17)36-20-9-10-33-24(14-20)28-16-30-33)31-26-21-13-19(6-7-22(21)27-15-29-26)32(2)25(35)4-3-11-34/h5-10,12-16,34H,11H2,1-2H3,(H,27,29,31). The monoisotopic (exact) mass is 479 g/mol. The van der Waals surface area contributed by atoms with Crippen molar-refractivity contribution >= 4 is 39.6 Å². The maximum Gasteiger partial charge on any atom is 0.302 e. The summed E-state index contributed by atoms with van der Waals surface area (Å²) < 4.78 is 7.72. The predicted molar refractivity (Wildman–Crippen MR) is 135 cm³/mol.